The number of fused-ring (bicyclic) bond motifs is 1. The first-order valence-electron chi connectivity index (χ1n) is 10.9. The molecule has 3 heterocycles. The molecule has 1 aliphatic carbocycles. The number of carbonyl (C=O) groups excluding carboxylic acids is 2. The predicted molar refractivity (Wildman–Crippen MR) is 108 cm³/mol. The molecule has 2 amide bonds. The Morgan fingerprint density at radius 1 is 1.07 bits per heavy atom. The van der Waals surface area contributed by atoms with Crippen molar-refractivity contribution < 1.29 is 18.9 Å². The lowest BCUT2D eigenvalue weighted by atomic mass is 9.85. The zero-order chi connectivity index (χ0) is 20.6. The molecular formula is C23H27N3O4. The highest BCUT2D eigenvalue weighted by Crippen LogP contribution is 2.40. The van der Waals surface area contributed by atoms with Crippen LogP contribution in [0.5, 0.6) is 0 Å². The Kier molecular flexibility index (Phi) is 5.06. The van der Waals surface area contributed by atoms with Crippen molar-refractivity contribution in [3.05, 3.63) is 52.9 Å². The molecule has 2 aromatic rings. The molecule has 0 unspecified atom stereocenters. The van der Waals surface area contributed by atoms with Gasteiger partial charge < -0.3 is 9.42 Å². The van der Waals surface area contributed by atoms with Crippen molar-refractivity contribution in [2.75, 3.05) is 13.1 Å². The lowest BCUT2D eigenvalue weighted by Crippen LogP contribution is -2.54. The van der Waals surface area contributed by atoms with Gasteiger partial charge in [0.05, 0.1) is 5.54 Å². The third-order valence-electron chi connectivity index (χ3n) is 6.80. The van der Waals surface area contributed by atoms with Gasteiger partial charge in [0.1, 0.15) is 12.4 Å². The number of aryl methyl sites for hydroxylation is 1. The van der Waals surface area contributed by atoms with Crippen molar-refractivity contribution in [2.45, 2.75) is 63.5 Å². The summed E-state index contributed by atoms with van der Waals surface area (Å²) in [4.78, 5) is 33.5. The third-order valence-corrected chi connectivity index (χ3v) is 6.80. The van der Waals surface area contributed by atoms with Gasteiger partial charge in [-0.1, -0.05) is 35.5 Å². The number of hydroxylamine groups is 2. The number of rotatable bonds is 4. The van der Waals surface area contributed by atoms with Gasteiger partial charge in [0.15, 0.2) is 5.69 Å². The summed E-state index contributed by atoms with van der Waals surface area (Å²) >= 11 is 0. The second kappa shape index (κ2) is 7.87. The summed E-state index contributed by atoms with van der Waals surface area (Å²) in [6.07, 6.45) is 6.63. The van der Waals surface area contributed by atoms with Gasteiger partial charge in [-0.05, 0) is 44.1 Å². The van der Waals surface area contributed by atoms with Gasteiger partial charge in [0, 0.05) is 31.5 Å². The summed E-state index contributed by atoms with van der Waals surface area (Å²) in [6, 6.07) is 9.88. The summed E-state index contributed by atoms with van der Waals surface area (Å²) in [5.41, 5.74) is 2.21. The normalized spacial score (nSPS) is 20.6. The van der Waals surface area contributed by atoms with Crippen LogP contribution in [0.25, 0.3) is 0 Å². The monoisotopic (exact) mass is 409 g/mol. The van der Waals surface area contributed by atoms with Gasteiger partial charge >= 0.3 is 0 Å². The van der Waals surface area contributed by atoms with E-state index in [1.165, 1.54) is 0 Å². The van der Waals surface area contributed by atoms with Gasteiger partial charge in [-0.3, -0.25) is 14.4 Å². The van der Waals surface area contributed by atoms with Gasteiger partial charge in [-0.25, -0.2) is 5.06 Å². The van der Waals surface area contributed by atoms with Crippen LogP contribution in [-0.2, 0) is 29.1 Å². The minimum absolute atomic E-state index is 0.0382. The van der Waals surface area contributed by atoms with Crippen LogP contribution in [0.2, 0.25) is 0 Å². The van der Waals surface area contributed by atoms with Crippen LogP contribution in [0.15, 0.2) is 34.9 Å². The maximum Gasteiger partial charge on any atom is 0.276 e. The molecular weight excluding hydrogens is 382 g/mol. The van der Waals surface area contributed by atoms with Crippen molar-refractivity contribution in [3.63, 3.8) is 0 Å². The molecule has 1 aromatic carbocycles. The Morgan fingerprint density at radius 3 is 2.63 bits per heavy atom. The Hall–Kier alpha value is -2.67. The molecule has 5 rings (SSSR count). The smallest absolute Gasteiger partial charge is 0.276 e. The molecule has 2 saturated heterocycles. The Bertz CT molecular complexity index is 931. The van der Waals surface area contributed by atoms with E-state index < -0.39 is 0 Å². The average molecular weight is 409 g/mol. The molecule has 0 saturated carbocycles. The lowest BCUT2D eigenvalue weighted by molar-refractivity contribution is -0.221. The van der Waals surface area contributed by atoms with Gasteiger partial charge in [-0.15, -0.1) is 0 Å². The highest BCUT2D eigenvalue weighted by molar-refractivity contribution is 5.94. The molecule has 7 nitrogen and oxygen atoms in total. The topological polar surface area (TPSA) is 75.9 Å². The summed E-state index contributed by atoms with van der Waals surface area (Å²) in [6.45, 7) is 1.57. The maximum atomic E-state index is 13.1. The standard InChI is InChI=1S/C23H27N3O4/c27-20-10-11-23(26(20)29-16-17-6-2-1-3-7-17)12-14-25(15-13-23)22(28)21-18-8-4-5-9-19(18)30-24-21/h1-3,6-7H,4-5,8-16H2. The molecule has 2 aliphatic heterocycles. The highest BCUT2D eigenvalue weighted by atomic mass is 16.7. The Morgan fingerprint density at radius 2 is 1.83 bits per heavy atom. The van der Waals surface area contributed by atoms with Crippen LogP contribution in [0.3, 0.4) is 0 Å². The van der Waals surface area contributed by atoms with Crippen LogP contribution in [0.4, 0.5) is 0 Å². The first-order valence-corrected chi connectivity index (χ1v) is 10.9. The fourth-order valence-electron chi connectivity index (χ4n) is 5.01. The zero-order valence-electron chi connectivity index (χ0n) is 17.1. The van der Waals surface area contributed by atoms with Crippen LogP contribution >= 0.6 is 0 Å². The second-order valence-corrected chi connectivity index (χ2v) is 8.60. The number of hydrogen-bond acceptors (Lipinski definition) is 5. The van der Waals surface area contributed by atoms with Crippen LogP contribution in [-0.4, -0.2) is 45.6 Å². The van der Waals surface area contributed by atoms with Crippen LogP contribution in [0, 0.1) is 0 Å². The first-order chi connectivity index (χ1) is 14.7. The van der Waals surface area contributed by atoms with Gasteiger partial charge in [0.2, 0.25) is 5.91 Å². The van der Waals surface area contributed by atoms with E-state index in [4.69, 9.17) is 9.36 Å². The van der Waals surface area contributed by atoms with Crippen LogP contribution < -0.4 is 0 Å². The van der Waals surface area contributed by atoms with Gasteiger partial charge in [0.25, 0.3) is 5.91 Å². The van der Waals surface area contributed by atoms with E-state index in [-0.39, 0.29) is 17.4 Å². The number of aromatic nitrogens is 1. The highest BCUT2D eigenvalue weighted by Gasteiger charge is 2.49. The molecule has 2 fully saturated rings. The zero-order valence-corrected chi connectivity index (χ0v) is 17.1. The molecule has 0 atom stereocenters. The fourth-order valence-corrected chi connectivity index (χ4v) is 5.01. The number of benzene rings is 1. The number of carbonyl (C=O) groups is 2. The number of piperidine rings is 1. The third kappa shape index (κ3) is 3.41. The molecule has 158 valence electrons. The molecule has 3 aliphatic rings. The quantitative estimate of drug-likeness (QED) is 0.775. The Labute approximate surface area is 175 Å². The van der Waals surface area contributed by atoms with E-state index in [0.29, 0.717) is 31.8 Å². The Balaban J connectivity index is 1.25. The summed E-state index contributed by atoms with van der Waals surface area (Å²) in [5, 5.41) is 5.71. The summed E-state index contributed by atoms with van der Waals surface area (Å²) in [7, 11) is 0. The SMILES string of the molecule is O=C(c1noc2c1CCCC2)N1CCC2(CCC(=O)N2OCc2ccccc2)CC1. The van der Waals surface area contributed by atoms with Crippen molar-refractivity contribution in [2.24, 2.45) is 0 Å². The molecule has 1 spiro atoms. The summed E-state index contributed by atoms with van der Waals surface area (Å²) in [5.74, 6) is 0.870. The molecule has 7 heteroatoms. The van der Waals surface area contributed by atoms with Crippen molar-refractivity contribution in [1.29, 1.82) is 0 Å². The average Bonchev–Trinajstić information content (AvgIpc) is 3.35. The van der Waals surface area contributed by atoms with E-state index in [0.717, 1.165) is 61.8 Å². The second-order valence-electron chi connectivity index (χ2n) is 8.60. The first kappa shape index (κ1) is 19.3. The van der Waals surface area contributed by atoms with E-state index in [9.17, 15) is 9.59 Å². The van der Waals surface area contributed by atoms with E-state index >= 15 is 0 Å². The summed E-state index contributed by atoms with van der Waals surface area (Å²) < 4.78 is 5.43. The largest absolute Gasteiger partial charge is 0.360 e. The minimum atomic E-state index is -0.314. The molecule has 0 bridgehead atoms. The number of likely N-dealkylation sites (tertiary alicyclic amines) is 1. The fraction of sp³-hybridized carbons (Fsp3) is 0.522. The molecule has 0 N–H and O–H groups in total. The van der Waals surface area contributed by atoms with Crippen LogP contribution in [0.1, 0.15) is 65.9 Å². The predicted octanol–water partition coefficient (Wildman–Crippen LogP) is 3.28. The maximum absolute atomic E-state index is 13.1. The van der Waals surface area contributed by atoms with Crippen molar-refractivity contribution >= 4 is 11.8 Å². The number of nitrogens with zero attached hydrogens (tertiary/aromatic N) is 3. The minimum Gasteiger partial charge on any atom is -0.360 e. The number of amides is 2. The lowest BCUT2D eigenvalue weighted by Gasteiger charge is -2.43. The van der Waals surface area contributed by atoms with E-state index in [1.54, 1.807) is 5.06 Å². The molecule has 0 radical (unpaired) electrons. The van der Waals surface area contributed by atoms with E-state index in [1.807, 2.05) is 35.2 Å². The number of hydrogen-bond donors (Lipinski definition) is 0. The van der Waals surface area contributed by atoms with Gasteiger partial charge in [-0.2, -0.15) is 0 Å². The molecule has 1 aromatic heterocycles. The van der Waals surface area contributed by atoms with E-state index in [2.05, 4.69) is 5.16 Å². The van der Waals surface area contributed by atoms with Crippen molar-refractivity contribution in [1.82, 2.24) is 15.1 Å². The molecule has 30 heavy (non-hydrogen) atoms. The van der Waals surface area contributed by atoms with Crippen molar-refractivity contribution in [3.8, 4) is 0 Å².